The molecule has 1 amide bonds. The average molecular weight is 315 g/mol. The molecule has 2 aromatic heterocycles. The molecule has 1 aliphatic rings. The number of carbonyl (C=O) groups is 1. The van der Waals surface area contributed by atoms with Crippen LogP contribution in [0.3, 0.4) is 0 Å². The first-order valence-corrected chi connectivity index (χ1v) is 7.69. The van der Waals surface area contributed by atoms with Crippen LogP contribution < -0.4 is 0 Å². The first-order valence-electron chi connectivity index (χ1n) is 7.69. The SMILES string of the molecule is COCC(=O)N1CC[C@@H](c2cc(-c3ccnn3C)nc(C)n2)C1. The summed E-state index contributed by atoms with van der Waals surface area (Å²) in [5, 5.41) is 4.20. The second-order valence-electron chi connectivity index (χ2n) is 5.82. The minimum atomic E-state index is 0.0348. The number of amides is 1. The van der Waals surface area contributed by atoms with Gasteiger partial charge in [-0.15, -0.1) is 0 Å². The normalized spacial score (nSPS) is 17.7. The van der Waals surface area contributed by atoms with Crippen LogP contribution >= 0.6 is 0 Å². The summed E-state index contributed by atoms with van der Waals surface area (Å²) in [6.07, 6.45) is 2.67. The van der Waals surface area contributed by atoms with Crippen molar-refractivity contribution < 1.29 is 9.53 Å². The van der Waals surface area contributed by atoms with E-state index in [9.17, 15) is 4.79 Å². The molecular weight excluding hydrogens is 294 g/mol. The summed E-state index contributed by atoms with van der Waals surface area (Å²) in [5.74, 6) is 1.01. The van der Waals surface area contributed by atoms with Crippen LogP contribution in [0.25, 0.3) is 11.4 Å². The molecule has 1 fully saturated rings. The molecule has 7 heteroatoms. The number of rotatable bonds is 4. The summed E-state index contributed by atoms with van der Waals surface area (Å²) in [6, 6.07) is 3.95. The van der Waals surface area contributed by atoms with Gasteiger partial charge in [0.1, 0.15) is 12.4 Å². The van der Waals surface area contributed by atoms with Gasteiger partial charge in [-0.2, -0.15) is 5.10 Å². The van der Waals surface area contributed by atoms with E-state index in [4.69, 9.17) is 4.74 Å². The van der Waals surface area contributed by atoms with Gasteiger partial charge < -0.3 is 9.64 Å². The van der Waals surface area contributed by atoms with Crippen LogP contribution in [0.4, 0.5) is 0 Å². The Hall–Kier alpha value is -2.28. The molecule has 0 N–H and O–H groups in total. The fourth-order valence-corrected chi connectivity index (χ4v) is 3.00. The average Bonchev–Trinajstić information content (AvgIpc) is 3.15. The Morgan fingerprint density at radius 3 is 2.96 bits per heavy atom. The Morgan fingerprint density at radius 1 is 1.43 bits per heavy atom. The lowest BCUT2D eigenvalue weighted by Gasteiger charge is -2.16. The molecule has 0 spiro atoms. The van der Waals surface area contributed by atoms with E-state index in [-0.39, 0.29) is 18.4 Å². The van der Waals surface area contributed by atoms with Gasteiger partial charge in [0.15, 0.2) is 0 Å². The summed E-state index contributed by atoms with van der Waals surface area (Å²) in [5.41, 5.74) is 2.82. The Bertz CT molecular complexity index is 712. The molecule has 0 aliphatic carbocycles. The lowest BCUT2D eigenvalue weighted by Crippen LogP contribution is -2.31. The van der Waals surface area contributed by atoms with E-state index in [0.717, 1.165) is 35.9 Å². The van der Waals surface area contributed by atoms with Crippen molar-refractivity contribution in [3.63, 3.8) is 0 Å². The van der Waals surface area contributed by atoms with Crippen LogP contribution in [0.15, 0.2) is 18.3 Å². The Kier molecular flexibility index (Phi) is 4.38. The standard InChI is InChI=1S/C16H21N5O2/c1-11-18-13(8-14(19-11)15-4-6-17-20(15)2)12-5-7-21(9-12)16(22)10-23-3/h4,6,8,12H,5,7,9-10H2,1-3H3/t12-/m1/s1. The molecule has 1 aliphatic heterocycles. The van der Waals surface area contributed by atoms with Gasteiger partial charge in [0.2, 0.25) is 5.91 Å². The maximum atomic E-state index is 11.9. The zero-order valence-corrected chi connectivity index (χ0v) is 13.7. The fourth-order valence-electron chi connectivity index (χ4n) is 3.00. The molecule has 122 valence electrons. The van der Waals surface area contributed by atoms with Crippen molar-refractivity contribution in [1.29, 1.82) is 0 Å². The molecule has 7 nitrogen and oxygen atoms in total. The van der Waals surface area contributed by atoms with Crippen molar-refractivity contribution in [3.8, 4) is 11.4 Å². The third-order valence-electron chi connectivity index (χ3n) is 4.17. The van der Waals surface area contributed by atoms with Crippen LogP contribution in [0.1, 0.15) is 23.9 Å². The predicted molar refractivity (Wildman–Crippen MR) is 84.8 cm³/mol. The Balaban J connectivity index is 1.83. The number of carbonyl (C=O) groups excluding carboxylic acids is 1. The Labute approximate surface area is 135 Å². The first-order chi connectivity index (χ1) is 11.1. The van der Waals surface area contributed by atoms with E-state index < -0.39 is 0 Å². The van der Waals surface area contributed by atoms with Crippen LogP contribution in [-0.4, -0.2) is 57.4 Å². The number of hydrogen-bond donors (Lipinski definition) is 0. The molecular formula is C16H21N5O2. The zero-order chi connectivity index (χ0) is 16.4. The number of nitrogens with zero attached hydrogens (tertiary/aromatic N) is 5. The van der Waals surface area contributed by atoms with Gasteiger partial charge >= 0.3 is 0 Å². The smallest absolute Gasteiger partial charge is 0.248 e. The van der Waals surface area contributed by atoms with E-state index in [2.05, 4.69) is 15.1 Å². The molecule has 0 saturated carbocycles. The first kappa shape index (κ1) is 15.6. The molecule has 0 bridgehead atoms. The maximum Gasteiger partial charge on any atom is 0.248 e. The third kappa shape index (κ3) is 3.24. The van der Waals surface area contributed by atoms with Gasteiger partial charge in [-0.3, -0.25) is 9.48 Å². The van der Waals surface area contributed by atoms with Gasteiger partial charge in [-0.25, -0.2) is 9.97 Å². The largest absolute Gasteiger partial charge is 0.375 e. The highest BCUT2D eigenvalue weighted by molar-refractivity contribution is 5.77. The van der Waals surface area contributed by atoms with Crippen molar-refractivity contribution in [2.75, 3.05) is 26.8 Å². The minimum absolute atomic E-state index is 0.0348. The third-order valence-corrected chi connectivity index (χ3v) is 4.17. The van der Waals surface area contributed by atoms with E-state index in [1.807, 2.05) is 31.0 Å². The second-order valence-corrected chi connectivity index (χ2v) is 5.82. The topological polar surface area (TPSA) is 73.1 Å². The molecule has 0 unspecified atom stereocenters. The fraction of sp³-hybridized carbons (Fsp3) is 0.500. The Morgan fingerprint density at radius 2 is 2.26 bits per heavy atom. The predicted octanol–water partition coefficient (Wildman–Crippen LogP) is 1.15. The van der Waals surface area contributed by atoms with Crippen molar-refractivity contribution in [2.45, 2.75) is 19.3 Å². The highest BCUT2D eigenvalue weighted by atomic mass is 16.5. The van der Waals surface area contributed by atoms with E-state index in [0.29, 0.717) is 6.54 Å². The zero-order valence-electron chi connectivity index (χ0n) is 13.7. The van der Waals surface area contributed by atoms with Gasteiger partial charge in [0.25, 0.3) is 0 Å². The molecule has 23 heavy (non-hydrogen) atoms. The van der Waals surface area contributed by atoms with Crippen molar-refractivity contribution >= 4 is 5.91 Å². The van der Waals surface area contributed by atoms with Crippen molar-refractivity contribution in [2.24, 2.45) is 7.05 Å². The lowest BCUT2D eigenvalue weighted by atomic mass is 10.0. The summed E-state index contributed by atoms with van der Waals surface area (Å²) in [7, 11) is 3.44. The molecule has 1 saturated heterocycles. The number of aromatic nitrogens is 4. The van der Waals surface area contributed by atoms with E-state index in [1.165, 1.54) is 0 Å². The summed E-state index contributed by atoms with van der Waals surface area (Å²) in [4.78, 5) is 22.9. The minimum Gasteiger partial charge on any atom is -0.375 e. The maximum absolute atomic E-state index is 11.9. The number of aryl methyl sites for hydroxylation is 2. The van der Waals surface area contributed by atoms with E-state index in [1.54, 1.807) is 18.0 Å². The van der Waals surface area contributed by atoms with Gasteiger partial charge in [-0.05, 0) is 25.5 Å². The molecule has 1 atom stereocenters. The van der Waals surface area contributed by atoms with Crippen LogP contribution in [0.2, 0.25) is 0 Å². The van der Waals surface area contributed by atoms with Crippen LogP contribution in [0, 0.1) is 6.92 Å². The molecule has 2 aromatic rings. The van der Waals surface area contributed by atoms with Crippen LogP contribution in [0.5, 0.6) is 0 Å². The molecule has 0 radical (unpaired) electrons. The second kappa shape index (κ2) is 6.45. The number of likely N-dealkylation sites (tertiary alicyclic amines) is 1. The quantitative estimate of drug-likeness (QED) is 0.846. The van der Waals surface area contributed by atoms with Crippen LogP contribution in [-0.2, 0) is 16.6 Å². The molecule has 3 heterocycles. The number of ether oxygens (including phenoxy) is 1. The van der Waals surface area contributed by atoms with Gasteiger partial charge in [-0.1, -0.05) is 0 Å². The summed E-state index contributed by atoms with van der Waals surface area (Å²) < 4.78 is 6.73. The number of methoxy groups -OCH3 is 1. The summed E-state index contributed by atoms with van der Waals surface area (Å²) in [6.45, 7) is 3.46. The molecule has 0 aromatic carbocycles. The monoisotopic (exact) mass is 315 g/mol. The highest BCUT2D eigenvalue weighted by Crippen LogP contribution is 2.28. The van der Waals surface area contributed by atoms with Crippen molar-refractivity contribution in [1.82, 2.24) is 24.6 Å². The lowest BCUT2D eigenvalue weighted by molar-refractivity contribution is -0.134. The van der Waals surface area contributed by atoms with Gasteiger partial charge in [0, 0.05) is 45.1 Å². The van der Waals surface area contributed by atoms with E-state index >= 15 is 0 Å². The molecule has 3 rings (SSSR count). The van der Waals surface area contributed by atoms with Gasteiger partial charge in [0.05, 0.1) is 11.4 Å². The van der Waals surface area contributed by atoms with Crippen molar-refractivity contribution in [3.05, 3.63) is 29.8 Å². The highest BCUT2D eigenvalue weighted by Gasteiger charge is 2.28. The summed E-state index contributed by atoms with van der Waals surface area (Å²) >= 11 is 0. The number of hydrogen-bond acceptors (Lipinski definition) is 5.